The molecule has 0 spiro atoms. The molecule has 1 rings (SSSR count). The van der Waals surface area contributed by atoms with Crippen molar-refractivity contribution in [2.45, 2.75) is 52.9 Å². The van der Waals surface area contributed by atoms with Crippen molar-refractivity contribution in [2.75, 3.05) is 0 Å². The summed E-state index contributed by atoms with van der Waals surface area (Å²) >= 11 is 0. The predicted molar refractivity (Wildman–Crippen MR) is 63.8 cm³/mol. The lowest BCUT2D eigenvalue weighted by atomic mass is 9.70. The topological polar surface area (TPSA) is 58.0 Å². The predicted octanol–water partition coefficient (Wildman–Crippen LogP) is 2.77. The van der Waals surface area contributed by atoms with E-state index in [1.165, 1.54) is 0 Å². The number of ketones is 2. The molecule has 0 atom stereocenters. The smallest absolute Gasteiger partial charge is 0.149 e. The van der Waals surface area contributed by atoms with Crippen LogP contribution in [-0.4, -0.2) is 17.3 Å². The average molecular weight is 223 g/mol. The van der Waals surface area contributed by atoms with Gasteiger partial charge in [-0.25, -0.2) is 0 Å². The summed E-state index contributed by atoms with van der Waals surface area (Å²) in [5.41, 5.74) is 0.114. The highest BCUT2D eigenvalue weighted by molar-refractivity contribution is 6.21. The van der Waals surface area contributed by atoms with Gasteiger partial charge < -0.3 is 5.41 Å². The molecular formula is C13H21NO2. The molecule has 0 aromatic heterocycles. The van der Waals surface area contributed by atoms with Gasteiger partial charge in [0.05, 0.1) is 0 Å². The van der Waals surface area contributed by atoms with E-state index < -0.39 is 5.92 Å². The van der Waals surface area contributed by atoms with Gasteiger partial charge in [0.2, 0.25) is 0 Å². The quantitative estimate of drug-likeness (QED) is 0.588. The molecule has 0 radical (unpaired) electrons. The van der Waals surface area contributed by atoms with Crippen molar-refractivity contribution in [2.24, 2.45) is 11.3 Å². The van der Waals surface area contributed by atoms with Crippen molar-refractivity contribution < 1.29 is 9.59 Å². The minimum atomic E-state index is -0.723. The molecule has 1 N–H and O–H groups in total. The van der Waals surface area contributed by atoms with E-state index in [2.05, 4.69) is 0 Å². The fourth-order valence-corrected chi connectivity index (χ4v) is 2.29. The van der Waals surface area contributed by atoms with E-state index in [-0.39, 0.29) is 17.0 Å². The van der Waals surface area contributed by atoms with Crippen molar-refractivity contribution in [1.29, 1.82) is 5.41 Å². The second-order valence-corrected chi connectivity index (χ2v) is 5.51. The third kappa shape index (κ3) is 3.00. The van der Waals surface area contributed by atoms with Crippen LogP contribution >= 0.6 is 0 Å². The van der Waals surface area contributed by atoms with E-state index in [9.17, 15) is 9.59 Å². The SMILES string of the molecule is CCCCC(=N)C1C(=O)CC(C)(C)CC1=O. The number of unbranched alkanes of at least 4 members (excludes halogenated alkanes) is 1. The molecule has 90 valence electrons. The lowest BCUT2D eigenvalue weighted by Crippen LogP contribution is -2.41. The summed E-state index contributed by atoms with van der Waals surface area (Å²) in [6.07, 6.45) is 3.32. The highest BCUT2D eigenvalue weighted by atomic mass is 16.2. The zero-order valence-electron chi connectivity index (χ0n) is 10.4. The van der Waals surface area contributed by atoms with Gasteiger partial charge in [-0.2, -0.15) is 0 Å². The number of nitrogens with one attached hydrogen (secondary N) is 1. The molecule has 0 amide bonds. The molecule has 1 fully saturated rings. The summed E-state index contributed by atoms with van der Waals surface area (Å²) in [5, 5.41) is 7.83. The monoisotopic (exact) mass is 223 g/mol. The summed E-state index contributed by atoms with van der Waals surface area (Å²) in [6, 6.07) is 0. The third-order valence-electron chi connectivity index (χ3n) is 3.10. The zero-order chi connectivity index (χ0) is 12.3. The van der Waals surface area contributed by atoms with Gasteiger partial charge in [0.1, 0.15) is 17.5 Å². The lowest BCUT2D eigenvalue weighted by Gasteiger charge is -2.32. The van der Waals surface area contributed by atoms with Crippen molar-refractivity contribution in [3.63, 3.8) is 0 Å². The largest absolute Gasteiger partial charge is 0.308 e. The Morgan fingerprint density at radius 1 is 1.31 bits per heavy atom. The first-order valence-electron chi connectivity index (χ1n) is 6.00. The Bertz CT molecular complexity index is 298. The fourth-order valence-electron chi connectivity index (χ4n) is 2.29. The normalized spacial score (nSPS) is 21.2. The fraction of sp³-hybridized carbons (Fsp3) is 0.769. The van der Waals surface area contributed by atoms with Gasteiger partial charge in [0, 0.05) is 18.6 Å². The van der Waals surface area contributed by atoms with Gasteiger partial charge in [-0.1, -0.05) is 27.2 Å². The maximum Gasteiger partial charge on any atom is 0.149 e. The summed E-state index contributed by atoms with van der Waals surface area (Å²) in [6.45, 7) is 5.92. The molecule has 1 aliphatic carbocycles. The first-order valence-corrected chi connectivity index (χ1v) is 6.00. The van der Waals surface area contributed by atoms with Crippen LogP contribution < -0.4 is 0 Å². The van der Waals surface area contributed by atoms with Gasteiger partial charge in [-0.15, -0.1) is 0 Å². The van der Waals surface area contributed by atoms with E-state index in [4.69, 9.17) is 5.41 Å². The van der Waals surface area contributed by atoms with Crippen LogP contribution in [0, 0.1) is 16.7 Å². The number of carbonyl (C=O) groups is 2. The van der Waals surface area contributed by atoms with Crippen LogP contribution in [0.15, 0.2) is 0 Å². The Morgan fingerprint density at radius 2 is 1.81 bits per heavy atom. The number of rotatable bonds is 4. The lowest BCUT2D eigenvalue weighted by molar-refractivity contribution is -0.136. The molecule has 0 aromatic carbocycles. The maximum atomic E-state index is 11.9. The van der Waals surface area contributed by atoms with E-state index in [0.717, 1.165) is 12.8 Å². The summed E-state index contributed by atoms with van der Waals surface area (Å²) in [4.78, 5) is 23.7. The Hall–Kier alpha value is -0.990. The standard InChI is InChI=1S/C13H21NO2/c1-4-5-6-9(14)12-10(15)7-13(2,3)8-11(12)16/h12,14H,4-8H2,1-3H3. The molecule has 0 heterocycles. The van der Waals surface area contributed by atoms with Crippen molar-refractivity contribution in [1.82, 2.24) is 0 Å². The number of hydrogen-bond donors (Lipinski definition) is 1. The van der Waals surface area contributed by atoms with Crippen LogP contribution in [-0.2, 0) is 9.59 Å². The Balaban J connectivity index is 2.71. The van der Waals surface area contributed by atoms with Crippen LogP contribution in [0.25, 0.3) is 0 Å². The molecule has 3 nitrogen and oxygen atoms in total. The maximum absolute atomic E-state index is 11.9. The second kappa shape index (κ2) is 4.89. The third-order valence-corrected chi connectivity index (χ3v) is 3.10. The highest BCUT2D eigenvalue weighted by Gasteiger charge is 2.41. The molecular weight excluding hydrogens is 202 g/mol. The Kier molecular flexibility index (Phi) is 4.00. The molecule has 0 aliphatic heterocycles. The molecule has 16 heavy (non-hydrogen) atoms. The van der Waals surface area contributed by atoms with E-state index in [1.54, 1.807) is 0 Å². The minimum absolute atomic E-state index is 0.0534. The summed E-state index contributed by atoms with van der Waals surface area (Å²) in [5.74, 6) is -0.829. The van der Waals surface area contributed by atoms with E-state index in [1.807, 2.05) is 20.8 Å². The van der Waals surface area contributed by atoms with Gasteiger partial charge >= 0.3 is 0 Å². The zero-order valence-corrected chi connectivity index (χ0v) is 10.4. The van der Waals surface area contributed by atoms with E-state index >= 15 is 0 Å². The molecule has 1 aliphatic rings. The van der Waals surface area contributed by atoms with Crippen molar-refractivity contribution in [3.05, 3.63) is 0 Å². The first kappa shape index (κ1) is 13.1. The summed E-state index contributed by atoms with van der Waals surface area (Å²) < 4.78 is 0. The summed E-state index contributed by atoms with van der Waals surface area (Å²) in [7, 11) is 0. The van der Waals surface area contributed by atoms with Crippen LogP contribution in [0.1, 0.15) is 52.9 Å². The van der Waals surface area contributed by atoms with Crippen molar-refractivity contribution >= 4 is 17.3 Å². The molecule has 0 bridgehead atoms. The number of hydrogen-bond acceptors (Lipinski definition) is 3. The van der Waals surface area contributed by atoms with Crippen LogP contribution in [0.5, 0.6) is 0 Å². The first-order chi connectivity index (χ1) is 7.37. The number of carbonyl (C=O) groups excluding carboxylic acids is 2. The Labute approximate surface area is 97.1 Å². The molecule has 0 saturated heterocycles. The second-order valence-electron chi connectivity index (χ2n) is 5.51. The van der Waals surface area contributed by atoms with Crippen LogP contribution in [0.2, 0.25) is 0 Å². The molecule has 3 heteroatoms. The van der Waals surface area contributed by atoms with Crippen LogP contribution in [0.4, 0.5) is 0 Å². The molecule has 0 aromatic rings. The van der Waals surface area contributed by atoms with Crippen molar-refractivity contribution in [3.8, 4) is 0 Å². The average Bonchev–Trinajstić information content (AvgIpc) is 2.11. The van der Waals surface area contributed by atoms with Gasteiger partial charge in [0.15, 0.2) is 0 Å². The Morgan fingerprint density at radius 3 is 2.25 bits per heavy atom. The van der Waals surface area contributed by atoms with Gasteiger partial charge in [-0.05, 0) is 18.3 Å². The van der Waals surface area contributed by atoms with E-state index in [0.29, 0.717) is 25.0 Å². The minimum Gasteiger partial charge on any atom is -0.308 e. The van der Waals surface area contributed by atoms with Crippen LogP contribution in [0.3, 0.4) is 0 Å². The van der Waals surface area contributed by atoms with Gasteiger partial charge in [0.25, 0.3) is 0 Å². The number of Topliss-reactive ketones (excluding diaryl/α,β-unsaturated/α-hetero) is 2. The molecule has 1 saturated carbocycles. The molecule has 0 unspecified atom stereocenters. The highest BCUT2D eigenvalue weighted by Crippen LogP contribution is 2.34. The van der Waals surface area contributed by atoms with Gasteiger partial charge in [-0.3, -0.25) is 9.59 Å².